The molecule has 2 aromatic rings. The van der Waals surface area contributed by atoms with Crippen LogP contribution in [0, 0.1) is 5.82 Å². The Morgan fingerprint density at radius 2 is 2.32 bits per heavy atom. The van der Waals surface area contributed by atoms with Crippen LogP contribution in [0.5, 0.6) is 0 Å². The fourth-order valence-corrected chi connectivity index (χ4v) is 2.15. The first-order valence-corrected chi connectivity index (χ1v) is 6.67. The molecule has 0 saturated heterocycles. The normalized spacial score (nSPS) is 10.5. The van der Waals surface area contributed by atoms with Crippen LogP contribution < -0.4 is 5.32 Å². The summed E-state index contributed by atoms with van der Waals surface area (Å²) in [5.41, 5.74) is 0.677. The minimum Gasteiger partial charge on any atom is -0.321 e. The summed E-state index contributed by atoms with van der Waals surface area (Å²) >= 11 is 8.91. The van der Waals surface area contributed by atoms with Crippen LogP contribution >= 0.6 is 27.5 Å². The van der Waals surface area contributed by atoms with Crippen LogP contribution in [0.4, 0.5) is 10.1 Å². The molecule has 0 bridgehead atoms. The second-order valence-electron chi connectivity index (χ2n) is 3.76. The fourth-order valence-electron chi connectivity index (χ4n) is 1.48. The molecule has 0 atom stereocenters. The molecule has 1 amide bonds. The van der Waals surface area contributed by atoms with Gasteiger partial charge in [-0.25, -0.2) is 4.39 Å². The Morgan fingerprint density at radius 3 is 2.89 bits per heavy atom. The summed E-state index contributed by atoms with van der Waals surface area (Å²) in [5, 5.41) is 6.68. The Kier molecular flexibility index (Phi) is 4.21. The lowest BCUT2D eigenvalue weighted by Gasteiger charge is -2.04. The van der Waals surface area contributed by atoms with Crippen molar-refractivity contribution in [3.05, 3.63) is 45.4 Å². The fraction of sp³-hybridized carbons (Fsp3) is 0.167. The molecule has 7 heteroatoms. The van der Waals surface area contributed by atoms with Gasteiger partial charge in [0.05, 0.1) is 9.50 Å². The monoisotopic (exact) mass is 345 g/mol. The van der Waals surface area contributed by atoms with Crippen LogP contribution in [0.25, 0.3) is 0 Å². The SMILES string of the molecule is CCn1cc(Br)c(C(=O)Nc2ccc(F)c(Cl)c2)n1. The molecule has 1 aromatic carbocycles. The number of carbonyl (C=O) groups excluding carboxylic acids is 1. The van der Waals surface area contributed by atoms with E-state index in [9.17, 15) is 9.18 Å². The van der Waals surface area contributed by atoms with Gasteiger partial charge in [0.15, 0.2) is 5.69 Å². The van der Waals surface area contributed by atoms with Gasteiger partial charge in [0, 0.05) is 18.4 Å². The van der Waals surface area contributed by atoms with Gasteiger partial charge in [-0.15, -0.1) is 0 Å². The van der Waals surface area contributed by atoms with E-state index < -0.39 is 5.82 Å². The van der Waals surface area contributed by atoms with Gasteiger partial charge in [0.2, 0.25) is 0 Å². The van der Waals surface area contributed by atoms with E-state index >= 15 is 0 Å². The summed E-state index contributed by atoms with van der Waals surface area (Å²) in [6.07, 6.45) is 1.71. The van der Waals surface area contributed by atoms with E-state index in [1.54, 1.807) is 10.9 Å². The number of halogens is 3. The van der Waals surface area contributed by atoms with E-state index in [2.05, 4.69) is 26.3 Å². The number of amides is 1. The lowest BCUT2D eigenvalue weighted by molar-refractivity contribution is 0.102. The van der Waals surface area contributed by atoms with Crippen LogP contribution in [0.3, 0.4) is 0 Å². The molecule has 0 aliphatic rings. The van der Waals surface area contributed by atoms with Crippen molar-refractivity contribution in [1.82, 2.24) is 9.78 Å². The minimum absolute atomic E-state index is 0.0454. The van der Waals surface area contributed by atoms with Crippen molar-refractivity contribution in [3.8, 4) is 0 Å². The second-order valence-corrected chi connectivity index (χ2v) is 5.03. The molecule has 0 unspecified atom stereocenters. The average Bonchev–Trinajstić information content (AvgIpc) is 2.75. The number of carbonyl (C=O) groups is 1. The third kappa shape index (κ3) is 3.13. The van der Waals surface area contributed by atoms with E-state index in [0.29, 0.717) is 16.7 Å². The standard InChI is InChI=1S/C12H10BrClFN3O/c1-2-18-6-8(13)11(17-18)12(19)16-7-3-4-10(15)9(14)5-7/h3-6H,2H2,1H3,(H,16,19). The van der Waals surface area contributed by atoms with Crippen molar-refractivity contribution in [1.29, 1.82) is 0 Å². The van der Waals surface area contributed by atoms with E-state index in [1.165, 1.54) is 18.2 Å². The maximum atomic E-state index is 13.0. The molecule has 100 valence electrons. The maximum absolute atomic E-state index is 13.0. The average molecular weight is 347 g/mol. The topological polar surface area (TPSA) is 46.9 Å². The Hall–Kier alpha value is -1.40. The zero-order chi connectivity index (χ0) is 14.0. The number of hydrogen-bond acceptors (Lipinski definition) is 2. The summed E-state index contributed by atoms with van der Waals surface area (Å²) in [6, 6.07) is 3.97. The Balaban J connectivity index is 2.20. The van der Waals surface area contributed by atoms with E-state index in [-0.39, 0.29) is 16.6 Å². The predicted octanol–water partition coefficient (Wildman–Crippen LogP) is 3.71. The van der Waals surface area contributed by atoms with Crippen molar-refractivity contribution < 1.29 is 9.18 Å². The van der Waals surface area contributed by atoms with Crippen LogP contribution in [0.15, 0.2) is 28.9 Å². The molecular formula is C12H10BrClFN3O. The number of nitrogens with zero attached hydrogens (tertiary/aromatic N) is 2. The van der Waals surface area contributed by atoms with E-state index in [4.69, 9.17) is 11.6 Å². The highest BCUT2D eigenvalue weighted by molar-refractivity contribution is 9.10. The molecule has 0 aliphatic heterocycles. The molecule has 0 fully saturated rings. The molecule has 1 aromatic heterocycles. The van der Waals surface area contributed by atoms with Gasteiger partial charge in [0.1, 0.15) is 5.82 Å². The first-order chi connectivity index (χ1) is 9.01. The predicted molar refractivity (Wildman–Crippen MR) is 75.0 cm³/mol. The Morgan fingerprint density at radius 1 is 1.58 bits per heavy atom. The van der Waals surface area contributed by atoms with Crippen LogP contribution in [-0.2, 0) is 6.54 Å². The first-order valence-electron chi connectivity index (χ1n) is 5.50. The summed E-state index contributed by atoms with van der Waals surface area (Å²) in [7, 11) is 0. The smallest absolute Gasteiger partial charge is 0.277 e. The van der Waals surface area contributed by atoms with Gasteiger partial charge < -0.3 is 5.32 Å². The lowest BCUT2D eigenvalue weighted by Crippen LogP contribution is -2.13. The molecule has 1 N–H and O–H groups in total. The molecule has 19 heavy (non-hydrogen) atoms. The molecule has 0 aliphatic carbocycles. The summed E-state index contributed by atoms with van der Waals surface area (Å²) in [5.74, 6) is -0.919. The summed E-state index contributed by atoms with van der Waals surface area (Å²) in [6.45, 7) is 2.58. The highest BCUT2D eigenvalue weighted by Gasteiger charge is 2.15. The van der Waals surface area contributed by atoms with E-state index in [0.717, 1.165) is 0 Å². The van der Waals surface area contributed by atoms with Gasteiger partial charge >= 0.3 is 0 Å². The highest BCUT2D eigenvalue weighted by Crippen LogP contribution is 2.21. The first kappa shape index (κ1) is 14.0. The number of anilines is 1. The number of aromatic nitrogens is 2. The molecule has 0 spiro atoms. The number of rotatable bonds is 3. The summed E-state index contributed by atoms with van der Waals surface area (Å²) < 4.78 is 15.2. The molecular weight excluding hydrogens is 337 g/mol. The number of benzene rings is 1. The van der Waals surface area contributed by atoms with Crippen LogP contribution in [-0.4, -0.2) is 15.7 Å². The van der Waals surface area contributed by atoms with Gasteiger partial charge in [-0.1, -0.05) is 11.6 Å². The third-order valence-electron chi connectivity index (χ3n) is 2.43. The van der Waals surface area contributed by atoms with Gasteiger partial charge in [0.25, 0.3) is 5.91 Å². The highest BCUT2D eigenvalue weighted by atomic mass is 79.9. The molecule has 2 rings (SSSR count). The van der Waals surface area contributed by atoms with Crippen molar-refractivity contribution in [2.45, 2.75) is 13.5 Å². The molecule has 0 saturated carbocycles. The molecule has 1 heterocycles. The third-order valence-corrected chi connectivity index (χ3v) is 3.30. The van der Waals surface area contributed by atoms with Crippen molar-refractivity contribution >= 4 is 39.1 Å². The largest absolute Gasteiger partial charge is 0.321 e. The van der Waals surface area contributed by atoms with Crippen LogP contribution in [0.1, 0.15) is 17.4 Å². The zero-order valence-electron chi connectivity index (χ0n) is 9.95. The van der Waals surface area contributed by atoms with Crippen LogP contribution in [0.2, 0.25) is 5.02 Å². The molecule has 0 radical (unpaired) electrons. The Bertz CT molecular complexity index is 629. The number of aryl methyl sites for hydroxylation is 1. The van der Waals surface area contributed by atoms with Gasteiger partial charge in [-0.05, 0) is 41.1 Å². The maximum Gasteiger partial charge on any atom is 0.277 e. The number of nitrogens with one attached hydrogen (secondary N) is 1. The van der Waals surface area contributed by atoms with Crippen molar-refractivity contribution in [2.24, 2.45) is 0 Å². The van der Waals surface area contributed by atoms with Gasteiger partial charge in [-0.2, -0.15) is 5.10 Å². The van der Waals surface area contributed by atoms with Crippen molar-refractivity contribution in [2.75, 3.05) is 5.32 Å². The number of hydrogen-bond donors (Lipinski definition) is 1. The summed E-state index contributed by atoms with van der Waals surface area (Å²) in [4.78, 5) is 12.0. The quantitative estimate of drug-likeness (QED) is 0.921. The van der Waals surface area contributed by atoms with Gasteiger partial charge in [-0.3, -0.25) is 9.48 Å². The Labute approximate surface area is 122 Å². The van der Waals surface area contributed by atoms with E-state index in [1.807, 2.05) is 6.92 Å². The second kappa shape index (κ2) is 5.71. The minimum atomic E-state index is -0.531. The van der Waals surface area contributed by atoms with Crippen molar-refractivity contribution in [3.63, 3.8) is 0 Å². The lowest BCUT2D eigenvalue weighted by atomic mass is 10.3. The zero-order valence-corrected chi connectivity index (χ0v) is 12.3. The molecule has 4 nitrogen and oxygen atoms in total.